The van der Waals surface area contributed by atoms with Gasteiger partial charge < -0.3 is 29.3 Å². The number of benzene rings is 2. The van der Waals surface area contributed by atoms with Crippen molar-refractivity contribution in [2.75, 3.05) is 36.5 Å². The number of ether oxygens (including phenoxy) is 3. The molecular weight excluding hydrogens is 570 g/mol. The molecule has 234 valence electrons. The third-order valence-corrected chi connectivity index (χ3v) is 7.59. The summed E-state index contributed by atoms with van der Waals surface area (Å²) in [7, 11) is 0. The van der Waals surface area contributed by atoms with Crippen LogP contribution in [0.5, 0.6) is 5.88 Å². The molecule has 4 heterocycles. The van der Waals surface area contributed by atoms with Crippen molar-refractivity contribution in [2.45, 2.75) is 58.9 Å². The number of nitrogens with one attached hydrogen (secondary N) is 1. The van der Waals surface area contributed by atoms with E-state index in [0.717, 1.165) is 40.4 Å². The first kappa shape index (κ1) is 30.3. The van der Waals surface area contributed by atoms with Crippen molar-refractivity contribution >= 4 is 23.5 Å². The van der Waals surface area contributed by atoms with Gasteiger partial charge in [0.25, 0.3) is 0 Å². The van der Waals surface area contributed by atoms with E-state index in [-0.39, 0.29) is 12.1 Å². The molecule has 1 amide bonds. The highest BCUT2D eigenvalue weighted by atomic mass is 16.6. The van der Waals surface area contributed by atoms with Crippen molar-refractivity contribution in [1.82, 2.24) is 24.8 Å². The van der Waals surface area contributed by atoms with E-state index in [0.29, 0.717) is 57.0 Å². The number of carbonyl (C=O) groups is 1. The number of rotatable bonds is 7. The van der Waals surface area contributed by atoms with Crippen LogP contribution in [-0.4, -0.2) is 68.9 Å². The maximum absolute atomic E-state index is 12.9. The lowest BCUT2D eigenvalue weighted by atomic mass is 10.0. The van der Waals surface area contributed by atoms with Gasteiger partial charge in [0.15, 0.2) is 5.82 Å². The molecule has 11 heteroatoms. The van der Waals surface area contributed by atoms with Gasteiger partial charge in [-0.2, -0.15) is 4.98 Å². The molecule has 2 aliphatic rings. The number of anilines is 3. The van der Waals surface area contributed by atoms with Crippen LogP contribution in [0.3, 0.4) is 0 Å². The molecule has 1 saturated heterocycles. The first-order valence-corrected chi connectivity index (χ1v) is 15.3. The van der Waals surface area contributed by atoms with Crippen LogP contribution >= 0.6 is 0 Å². The molecule has 6 rings (SSSR count). The molecule has 0 aliphatic carbocycles. The Morgan fingerprint density at radius 2 is 1.82 bits per heavy atom. The van der Waals surface area contributed by atoms with Gasteiger partial charge in [0.05, 0.1) is 31.5 Å². The molecule has 4 aromatic rings. The second-order valence-electron chi connectivity index (χ2n) is 12.3. The van der Waals surface area contributed by atoms with Gasteiger partial charge in [0, 0.05) is 42.2 Å². The predicted octanol–water partition coefficient (Wildman–Crippen LogP) is 5.77. The number of carbonyl (C=O) groups excluding carboxylic acids is 1. The Labute approximate surface area is 263 Å². The monoisotopic (exact) mass is 609 g/mol. The zero-order valence-electron chi connectivity index (χ0n) is 26.2. The second-order valence-corrected chi connectivity index (χ2v) is 12.3. The van der Waals surface area contributed by atoms with E-state index in [1.165, 1.54) is 0 Å². The summed E-state index contributed by atoms with van der Waals surface area (Å²) in [6.07, 6.45) is 1.99. The van der Waals surface area contributed by atoms with Crippen LogP contribution in [0.25, 0.3) is 11.4 Å². The molecule has 0 radical (unpaired) electrons. The fourth-order valence-electron chi connectivity index (χ4n) is 5.35. The largest absolute Gasteiger partial charge is 0.473 e. The minimum absolute atomic E-state index is 0.175. The second kappa shape index (κ2) is 13.1. The molecule has 11 nitrogen and oxygen atoms in total. The van der Waals surface area contributed by atoms with Gasteiger partial charge in [0.2, 0.25) is 11.8 Å². The standard InChI is InChI=1S/C34H39N7O4/c1-23-21-43-19-18-41(23)31-27-15-17-40(33(42)45-34(2,3)4)20-28(27)37-30(39-31)25-10-12-26(13-11-25)36-32-35-16-14-29(38-32)44-22-24-8-6-5-7-9-24/h5-14,16,23H,15,17-22H2,1-4H3,(H,35,36,38). The maximum Gasteiger partial charge on any atom is 0.410 e. The molecule has 0 bridgehead atoms. The summed E-state index contributed by atoms with van der Waals surface area (Å²) in [5.74, 6) is 2.44. The Bertz CT molecular complexity index is 1630. The van der Waals surface area contributed by atoms with Gasteiger partial charge in [-0.1, -0.05) is 30.3 Å². The van der Waals surface area contributed by atoms with Crippen molar-refractivity contribution in [3.63, 3.8) is 0 Å². The Balaban J connectivity index is 1.22. The van der Waals surface area contributed by atoms with Crippen molar-refractivity contribution in [3.8, 4) is 17.3 Å². The molecule has 0 spiro atoms. The highest BCUT2D eigenvalue weighted by Crippen LogP contribution is 2.32. The molecule has 0 saturated carbocycles. The lowest BCUT2D eigenvalue weighted by Gasteiger charge is -2.38. The topological polar surface area (TPSA) is 115 Å². The quantitative estimate of drug-likeness (QED) is 0.277. The summed E-state index contributed by atoms with van der Waals surface area (Å²) in [5, 5.41) is 3.25. The van der Waals surface area contributed by atoms with Gasteiger partial charge in [-0.15, -0.1) is 0 Å². The van der Waals surface area contributed by atoms with Crippen LogP contribution in [0.15, 0.2) is 66.9 Å². The number of fused-ring (bicyclic) bond motifs is 1. The maximum atomic E-state index is 12.9. The highest BCUT2D eigenvalue weighted by Gasteiger charge is 2.32. The summed E-state index contributed by atoms with van der Waals surface area (Å²) < 4.78 is 17.2. The predicted molar refractivity (Wildman–Crippen MR) is 172 cm³/mol. The molecule has 1 fully saturated rings. The third kappa shape index (κ3) is 7.49. The average molecular weight is 610 g/mol. The number of morpholine rings is 1. The Morgan fingerprint density at radius 3 is 2.58 bits per heavy atom. The van der Waals surface area contributed by atoms with E-state index >= 15 is 0 Å². The molecular formula is C34H39N7O4. The summed E-state index contributed by atoms with van der Waals surface area (Å²) in [5.41, 5.74) is 4.09. The normalized spacial score (nSPS) is 16.6. The average Bonchev–Trinajstić information content (AvgIpc) is 3.03. The van der Waals surface area contributed by atoms with Crippen molar-refractivity contribution in [3.05, 3.63) is 83.7 Å². The summed E-state index contributed by atoms with van der Waals surface area (Å²) >= 11 is 0. The van der Waals surface area contributed by atoms with E-state index in [4.69, 9.17) is 24.2 Å². The van der Waals surface area contributed by atoms with E-state index < -0.39 is 5.60 Å². The Morgan fingerprint density at radius 1 is 1.02 bits per heavy atom. The molecule has 45 heavy (non-hydrogen) atoms. The van der Waals surface area contributed by atoms with E-state index in [1.807, 2.05) is 75.4 Å². The van der Waals surface area contributed by atoms with E-state index in [9.17, 15) is 4.79 Å². The lowest BCUT2D eigenvalue weighted by molar-refractivity contribution is 0.0220. The van der Waals surface area contributed by atoms with Gasteiger partial charge in [-0.25, -0.2) is 19.7 Å². The third-order valence-electron chi connectivity index (χ3n) is 7.59. The SMILES string of the molecule is CC1COCCN1c1nc(-c2ccc(Nc3nccc(OCc4ccccc4)n3)cc2)nc2c1CCN(C(=O)OC(C)(C)C)C2. The van der Waals surface area contributed by atoms with E-state index in [2.05, 4.69) is 27.1 Å². The molecule has 1 unspecified atom stereocenters. The fraction of sp³-hybridized carbons (Fsp3) is 0.382. The van der Waals surface area contributed by atoms with Gasteiger partial charge in [0.1, 0.15) is 18.0 Å². The van der Waals surface area contributed by atoms with E-state index in [1.54, 1.807) is 17.2 Å². The van der Waals surface area contributed by atoms with Crippen molar-refractivity contribution in [1.29, 1.82) is 0 Å². The van der Waals surface area contributed by atoms with Gasteiger partial charge in [-0.05, 0) is 63.9 Å². The van der Waals surface area contributed by atoms with Crippen LogP contribution in [0.4, 0.5) is 22.2 Å². The zero-order valence-corrected chi connectivity index (χ0v) is 26.2. The van der Waals surface area contributed by atoms with Crippen molar-refractivity contribution in [2.24, 2.45) is 0 Å². The minimum Gasteiger partial charge on any atom is -0.473 e. The summed E-state index contributed by atoms with van der Waals surface area (Å²) in [6, 6.07) is 19.7. The summed E-state index contributed by atoms with van der Waals surface area (Å²) in [6.45, 7) is 11.1. The molecule has 1 N–H and O–H groups in total. The first-order chi connectivity index (χ1) is 21.7. The van der Waals surface area contributed by atoms with Crippen molar-refractivity contribution < 1.29 is 19.0 Å². The number of amides is 1. The summed E-state index contributed by atoms with van der Waals surface area (Å²) in [4.78, 5) is 35.9. The van der Waals surface area contributed by atoms with Crippen LogP contribution in [0, 0.1) is 0 Å². The number of hydrogen-bond donors (Lipinski definition) is 1. The highest BCUT2D eigenvalue weighted by molar-refractivity contribution is 5.70. The van der Waals surface area contributed by atoms with Gasteiger partial charge in [-0.3, -0.25) is 0 Å². The van der Waals surface area contributed by atoms with Gasteiger partial charge >= 0.3 is 6.09 Å². The minimum atomic E-state index is -0.570. The molecule has 2 aromatic carbocycles. The smallest absolute Gasteiger partial charge is 0.410 e. The molecule has 2 aliphatic heterocycles. The zero-order chi connectivity index (χ0) is 31.4. The fourth-order valence-corrected chi connectivity index (χ4v) is 5.35. The van der Waals surface area contributed by atoms with Crippen LogP contribution in [0.1, 0.15) is 44.5 Å². The molecule has 2 aromatic heterocycles. The number of aromatic nitrogens is 4. The Hall–Kier alpha value is -4.77. The number of nitrogens with zero attached hydrogens (tertiary/aromatic N) is 6. The van der Waals surface area contributed by atoms with Crippen LogP contribution in [-0.2, 0) is 29.0 Å². The number of hydrogen-bond acceptors (Lipinski definition) is 10. The Kier molecular flexibility index (Phi) is 8.79. The lowest BCUT2D eigenvalue weighted by Crippen LogP contribution is -2.46. The first-order valence-electron chi connectivity index (χ1n) is 15.3. The van der Waals surface area contributed by atoms with Crippen LogP contribution in [0.2, 0.25) is 0 Å². The van der Waals surface area contributed by atoms with Crippen LogP contribution < -0.4 is 15.0 Å². The molecule has 1 atom stereocenters.